The third kappa shape index (κ3) is 7.61. The minimum absolute atomic E-state index is 0.731. The zero-order chi connectivity index (χ0) is 15.3. The molecule has 1 saturated heterocycles. The summed E-state index contributed by atoms with van der Waals surface area (Å²) in [7, 11) is 0. The summed E-state index contributed by atoms with van der Waals surface area (Å²) in [4.78, 5) is 4.45. The van der Waals surface area contributed by atoms with E-state index in [9.17, 15) is 0 Å². The van der Waals surface area contributed by atoms with Crippen LogP contribution in [0.1, 0.15) is 82.9 Å². The molecule has 1 aromatic heterocycles. The molecule has 1 aromatic rings. The van der Waals surface area contributed by atoms with E-state index >= 15 is 0 Å². The van der Waals surface area contributed by atoms with E-state index in [-0.39, 0.29) is 0 Å². The van der Waals surface area contributed by atoms with Gasteiger partial charge in [-0.15, -0.1) is 0 Å². The van der Waals surface area contributed by atoms with E-state index in [0.29, 0.717) is 0 Å². The van der Waals surface area contributed by atoms with Crippen LogP contribution < -0.4 is 5.32 Å². The van der Waals surface area contributed by atoms with E-state index in [2.05, 4.69) is 49.4 Å². The maximum atomic E-state index is 4.45. The first kappa shape index (κ1) is 18.2. The number of aromatic nitrogens is 1. The number of nitrogens with zero attached hydrogens (tertiary/aromatic N) is 1. The molecule has 0 aliphatic carbocycles. The van der Waals surface area contributed by atoms with Gasteiger partial charge >= 0.3 is 0 Å². The SMILES string of the molecule is CCCCCCC.CCc1ccc(C2CCNCC2)cn1. The number of rotatable bonds is 6. The second-order valence-corrected chi connectivity index (χ2v) is 6.02. The highest BCUT2D eigenvalue weighted by Crippen LogP contribution is 2.24. The van der Waals surface area contributed by atoms with Crippen LogP contribution in [0.5, 0.6) is 0 Å². The molecule has 1 N–H and O–H groups in total. The normalized spacial score (nSPS) is 15.4. The Morgan fingerprint density at radius 2 is 1.67 bits per heavy atom. The van der Waals surface area contributed by atoms with Crippen molar-refractivity contribution in [3.8, 4) is 0 Å². The number of piperidine rings is 1. The summed E-state index contributed by atoms with van der Waals surface area (Å²) in [6.07, 6.45) is 12.6. The number of aryl methyl sites for hydroxylation is 1. The van der Waals surface area contributed by atoms with Crippen molar-refractivity contribution in [1.29, 1.82) is 0 Å². The predicted octanol–water partition coefficient (Wildman–Crippen LogP) is 5.09. The topological polar surface area (TPSA) is 24.9 Å². The summed E-state index contributed by atoms with van der Waals surface area (Å²) in [5.74, 6) is 0.731. The zero-order valence-electron chi connectivity index (χ0n) is 14.3. The third-order valence-electron chi connectivity index (χ3n) is 4.23. The highest BCUT2D eigenvalue weighted by molar-refractivity contribution is 5.19. The van der Waals surface area contributed by atoms with Crippen LogP contribution in [0.3, 0.4) is 0 Å². The number of hydrogen-bond donors (Lipinski definition) is 1. The first-order chi connectivity index (χ1) is 10.3. The molecule has 2 nitrogen and oxygen atoms in total. The maximum absolute atomic E-state index is 4.45. The number of hydrogen-bond acceptors (Lipinski definition) is 2. The quantitative estimate of drug-likeness (QED) is 0.738. The second kappa shape index (κ2) is 11.7. The summed E-state index contributed by atoms with van der Waals surface area (Å²) >= 11 is 0. The molecule has 2 heterocycles. The zero-order valence-corrected chi connectivity index (χ0v) is 14.3. The molecular formula is C19H34N2. The number of pyridine rings is 1. The van der Waals surface area contributed by atoms with Crippen molar-refractivity contribution in [2.45, 2.75) is 78.1 Å². The van der Waals surface area contributed by atoms with Gasteiger partial charge in [-0.2, -0.15) is 0 Å². The van der Waals surface area contributed by atoms with Crippen molar-refractivity contribution in [2.75, 3.05) is 13.1 Å². The summed E-state index contributed by atoms with van der Waals surface area (Å²) in [6, 6.07) is 4.42. The molecule has 1 aliphatic heterocycles. The summed E-state index contributed by atoms with van der Waals surface area (Å²) in [5.41, 5.74) is 2.62. The average Bonchev–Trinajstić information content (AvgIpc) is 2.57. The smallest absolute Gasteiger partial charge is 0.0401 e. The number of nitrogens with one attached hydrogen (secondary N) is 1. The van der Waals surface area contributed by atoms with Gasteiger partial charge in [0.1, 0.15) is 0 Å². The van der Waals surface area contributed by atoms with Gasteiger partial charge in [0, 0.05) is 11.9 Å². The first-order valence-corrected chi connectivity index (χ1v) is 8.97. The molecule has 120 valence electrons. The fourth-order valence-electron chi connectivity index (χ4n) is 2.72. The van der Waals surface area contributed by atoms with Gasteiger partial charge in [-0.1, -0.05) is 58.9 Å². The lowest BCUT2D eigenvalue weighted by Crippen LogP contribution is -2.26. The van der Waals surface area contributed by atoms with Gasteiger partial charge in [-0.05, 0) is 49.9 Å². The Hall–Kier alpha value is -0.890. The molecule has 2 rings (SSSR count). The molecule has 0 aromatic carbocycles. The van der Waals surface area contributed by atoms with Crippen molar-refractivity contribution in [3.63, 3.8) is 0 Å². The fourth-order valence-corrected chi connectivity index (χ4v) is 2.72. The van der Waals surface area contributed by atoms with E-state index in [0.717, 1.165) is 25.4 Å². The lowest BCUT2D eigenvalue weighted by Gasteiger charge is -2.22. The van der Waals surface area contributed by atoms with E-state index in [4.69, 9.17) is 0 Å². The Bertz CT molecular complexity index is 335. The Morgan fingerprint density at radius 3 is 2.14 bits per heavy atom. The van der Waals surface area contributed by atoms with Gasteiger partial charge in [0.2, 0.25) is 0 Å². The van der Waals surface area contributed by atoms with Crippen molar-refractivity contribution in [2.24, 2.45) is 0 Å². The van der Waals surface area contributed by atoms with Crippen molar-refractivity contribution < 1.29 is 0 Å². The fraction of sp³-hybridized carbons (Fsp3) is 0.737. The van der Waals surface area contributed by atoms with Crippen molar-refractivity contribution >= 4 is 0 Å². The summed E-state index contributed by atoms with van der Waals surface area (Å²) < 4.78 is 0. The molecule has 0 saturated carbocycles. The first-order valence-electron chi connectivity index (χ1n) is 8.97. The highest BCUT2D eigenvalue weighted by Gasteiger charge is 2.14. The predicted molar refractivity (Wildman–Crippen MR) is 92.9 cm³/mol. The van der Waals surface area contributed by atoms with Crippen LogP contribution in [0.4, 0.5) is 0 Å². The van der Waals surface area contributed by atoms with Gasteiger partial charge in [0.05, 0.1) is 0 Å². The minimum atomic E-state index is 0.731. The summed E-state index contributed by atoms with van der Waals surface area (Å²) in [6.45, 7) is 8.94. The van der Waals surface area contributed by atoms with E-state index < -0.39 is 0 Å². The van der Waals surface area contributed by atoms with E-state index in [1.54, 1.807) is 0 Å². The minimum Gasteiger partial charge on any atom is -0.317 e. The molecule has 0 atom stereocenters. The Balaban J connectivity index is 0.000000270. The van der Waals surface area contributed by atoms with Crippen LogP contribution >= 0.6 is 0 Å². The molecular weight excluding hydrogens is 256 g/mol. The Labute approximate surface area is 131 Å². The lowest BCUT2D eigenvalue weighted by atomic mass is 9.91. The summed E-state index contributed by atoms with van der Waals surface area (Å²) in [5, 5.41) is 3.39. The maximum Gasteiger partial charge on any atom is 0.0401 e. The lowest BCUT2D eigenvalue weighted by molar-refractivity contribution is 0.459. The largest absolute Gasteiger partial charge is 0.317 e. The van der Waals surface area contributed by atoms with Crippen molar-refractivity contribution in [1.82, 2.24) is 10.3 Å². The van der Waals surface area contributed by atoms with Gasteiger partial charge in [0.15, 0.2) is 0 Å². The molecule has 0 amide bonds. The van der Waals surface area contributed by atoms with Crippen LogP contribution in [0.25, 0.3) is 0 Å². The third-order valence-corrected chi connectivity index (χ3v) is 4.23. The van der Waals surface area contributed by atoms with Gasteiger partial charge in [-0.3, -0.25) is 4.98 Å². The van der Waals surface area contributed by atoms with E-state index in [1.807, 2.05) is 0 Å². The van der Waals surface area contributed by atoms with Crippen LogP contribution in [0.2, 0.25) is 0 Å². The number of unbranched alkanes of at least 4 members (excludes halogenated alkanes) is 4. The van der Waals surface area contributed by atoms with Crippen LogP contribution in [0, 0.1) is 0 Å². The molecule has 0 spiro atoms. The average molecular weight is 290 g/mol. The van der Waals surface area contributed by atoms with E-state index in [1.165, 1.54) is 56.2 Å². The molecule has 0 radical (unpaired) electrons. The second-order valence-electron chi connectivity index (χ2n) is 6.02. The molecule has 1 aliphatic rings. The Kier molecular flexibility index (Phi) is 10.1. The van der Waals surface area contributed by atoms with Crippen LogP contribution in [0.15, 0.2) is 18.3 Å². The molecule has 0 unspecified atom stereocenters. The van der Waals surface area contributed by atoms with Gasteiger partial charge in [-0.25, -0.2) is 0 Å². The monoisotopic (exact) mass is 290 g/mol. The standard InChI is InChI=1S/C12H18N2.C7H16/c1-2-12-4-3-11(9-14-12)10-5-7-13-8-6-10;1-3-5-7-6-4-2/h3-4,9-10,13H,2,5-8H2,1H3;3-7H2,1-2H3. The molecule has 21 heavy (non-hydrogen) atoms. The van der Waals surface area contributed by atoms with Gasteiger partial charge < -0.3 is 5.32 Å². The molecule has 0 bridgehead atoms. The molecule has 2 heteroatoms. The van der Waals surface area contributed by atoms with Gasteiger partial charge in [0.25, 0.3) is 0 Å². The highest BCUT2D eigenvalue weighted by atomic mass is 14.9. The van der Waals surface area contributed by atoms with Crippen LogP contribution in [-0.2, 0) is 6.42 Å². The Morgan fingerprint density at radius 1 is 1.00 bits per heavy atom. The van der Waals surface area contributed by atoms with Crippen LogP contribution in [-0.4, -0.2) is 18.1 Å². The van der Waals surface area contributed by atoms with Crippen molar-refractivity contribution in [3.05, 3.63) is 29.6 Å². The molecule has 1 fully saturated rings.